The Morgan fingerprint density at radius 3 is 2.56 bits per heavy atom. The minimum Gasteiger partial charge on any atom is -0.494 e. The molecule has 2 aromatic rings. The number of imide groups is 2. The van der Waals surface area contributed by atoms with Crippen LogP contribution in [0.15, 0.2) is 40.6 Å². The molecule has 8 heteroatoms. The van der Waals surface area contributed by atoms with Gasteiger partial charge < -0.3 is 9.47 Å². The summed E-state index contributed by atoms with van der Waals surface area (Å²) >= 11 is 1.44. The van der Waals surface area contributed by atoms with Gasteiger partial charge in [-0.3, -0.25) is 14.9 Å². The minimum atomic E-state index is -0.831. The lowest BCUT2D eigenvalue weighted by Gasteiger charge is -2.28. The van der Waals surface area contributed by atoms with Gasteiger partial charge >= 0.3 is 6.03 Å². The molecule has 0 saturated carbocycles. The standard InChI is InChI=1S/C19H18N2O5S/c1-3-25-13-5-6-16(26-4-2)15(10-13)21-18(23)14(17(22)20-19(21)24)9-12-7-8-27-11-12/h5-11H,3-4H2,1-2H3,(H,20,22,24)/b14-9-. The van der Waals surface area contributed by atoms with Crippen molar-refractivity contribution in [3.05, 3.63) is 46.2 Å². The van der Waals surface area contributed by atoms with Gasteiger partial charge in [0.05, 0.1) is 18.9 Å². The molecule has 0 unspecified atom stereocenters. The molecule has 0 radical (unpaired) electrons. The van der Waals surface area contributed by atoms with E-state index in [1.54, 1.807) is 36.6 Å². The SMILES string of the molecule is CCOc1ccc(OCC)c(N2C(=O)NC(=O)/C(=C/c3ccsc3)C2=O)c1. The van der Waals surface area contributed by atoms with E-state index in [1.807, 2.05) is 12.3 Å². The van der Waals surface area contributed by atoms with Gasteiger partial charge in [0.2, 0.25) is 0 Å². The molecule has 7 nitrogen and oxygen atoms in total. The highest BCUT2D eigenvalue weighted by Gasteiger charge is 2.38. The third-order valence-corrected chi connectivity index (χ3v) is 4.44. The molecule has 0 spiro atoms. The number of anilines is 1. The zero-order valence-corrected chi connectivity index (χ0v) is 15.7. The molecule has 1 fully saturated rings. The lowest BCUT2D eigenvalue weighted by Crippen LogP contribution is -2.54. The van der Waals surface area contributed by atoms with Crippen LogP contribution in [0.1, 0.15) is 19.4 Å². The van der Waals surface area contributed by atoms with Gasteiger partial charge in [-0.1, -0.05) is 0 Å². The highest BCUT2D eigenvalue weighted by atomic mass is 32.1. The highest BCUT2D eigenvalue weighted by Crippen LogP contribution is 2.35. The van der Waals surface area contributed by atoms with Gasteiger partial charge in [0.1, 0.15) is 17.1 Å². The molecule has 0 bridgehead atoms. The van der Waals surface area contributed by atoms with E-state index in [0.717, 1.165) is 4.90 Å². The fraction of sp³-hybridized carbons (Fsp3) is 0.211. The largest absolute Gasteiger partial charge is 0.494 e. The number of benzene rings is 1. The Labute approximate surface area is 160 Å². The number of barbiturate groups is 1. The number of hydrogen-bond acceptors (Lipinski definition) is 6. The number of thiophene rings is 1. The number of nitrogens with zero attached hydrogens (tertiary/aromatic N) is 1. The topological polar surface area (TPSA) is 84.9 Å². The lowest BCUT2D eigenvalue weighted by molar-refractivity contribution is -0.122. The van der Waals surface area contributed by atoms with Gasteiger partial charge in [0.15, 0.2) is 0 Å². The van der Waals surface area contributed by atoms with Crippen LogP contribution in [-0.2, 0) is 9.59 Å². The normalized spacial score (nSPS) is 15.9. The third-order valence-electron chi connectivity index (χ3n) is 3.74. The van der Waals surface area contributed by atoms with Crippen molar-refractivity contribution >= 4 is 40.9 Å². The summed E-state index contributed by atoms with van der Waals surface area (Å²) in [5, 5.41) is 5.84. The van der Waals surface area contributed by atoms with Crippen molar-refractivity contribution in [1.29, 1.82) is 0 Å². The summed E-state index contributed by atoms with van der Waals surface area (Å²) in [5.41, 5.74) is 0.798. The lowest BCUT2D eigenvalue weighted by atomic mass is 10.1. The maximum atomic E-state index is 13.0. The maximum Gasteiger partial charge on any atom is 0.336 e. The van der Waals surface area contributed by atoms with Gasteiger partial charge in [-0.15, -0.1) is 0 Å². The van der Waals surface area contributed by atoms with Gasteiger partial charge in [0.25, 0.3) is 11.8 Å². The zero-order valence-electron chi connectivity index (χ0n) is 14.9. The molecule has 1 aromatic carbocycles. The van der Waals surface area contributed by atoms with Crippen LogP contribution in [0.25, 0.3) is 6.08 Å². The zero-order chi connectivity index (χ0) is 19.4. The number of ether oxygens (including phenoxy) is 2. The second kappa shape index (κ2) is 8.05. The second-order valence-electron chi connectivity index (χ2n) is 5.51. The van der Waals surface area contributed by atoms with Gasteiger partial charge in [-0.05, 0) is 54.4 Å². The van der Waals surface area contributed by atoms with Crippen molar-refractivity contribution in [1.82, 2.24) is 5.32 Å². The van der Waals surface area contributed by atoms with Gasteiger partial charge in [-0.25, -0.2) is 9.69 Å². The second-order valence-corrected chi connectivity index (χ2v) is 6.29. The van der Waals surface area contributed by atoms with E-state index in [-0.39, 0.29) is 11.3 Å². The van der Waals surface area contributed by atoms with Crippen LogP contribution in [0.3, 0.4) is 0 Å². The van der Waals surface area contributed by atoms with Crippen LogP contribution in [0, 0.1) is 0 Å². The predicted molar refractivity (Wildman–Crippen MR) is 102 cm³/mol. The third kappa shape index (κ3) is 3.85. The summed E-state index contributed by atoms with van der Waals surface area (Å²) < 4.78 is 11.0. The van der Waals surface area contributed by atoms with Crippen molar-refractivity contribution in [3.63, 3.8) is 0 Å². The van der Waals surface area contributed by atoms with Crippen molar-refractivity contribution in [2.24, 2.45) is 0 Å². The number of hydrogen-bond donors (Lipinski definition) is 1. The number of nitrogens with one attached hydrogen (secondary N) is 1. The summed E-state index contributed by atoms with van der Waals surface area (Å²) in [5.74, 6) is -0.624. The van der Waals surface area contributed by atoms with E-state index in [0.29, 0.717) is 30.3 Å². The average Bonchev–Trinajstić information content (AvgIpc) is 3.14. The number of carbonyl (C=O) groups excluding carboxylic acids is 3. The van der Waals surface area contributed by atoms with Crippen molar-refractivity contribution in [3.8, 4) is 11.5 Å². The van der Waals surface area contributed by atoms with Crippen molar-refractivity contribution < 1.29 is 23.9 Å². The summed E-state index contributed by atoms with van der Waals surface area (Å²) in [6, 6.07) is 5.81. The van der Waals surface area contributed by atoms with E-state index in [1.165, 1.54) is 17.4 Å². The minimum absolute atomic E-state index is 0.128. The van der Waals surface area contributed by atoms with E-state index in [9.17, 15) is 14.4 Å². The smallest absolute Gasteiger partial charge is 0.336 e. The monoisotopic (exact) mass is 386 g/mol. The fourth-order valence-corrected chi connectivity index (χ4v) is 3.22. The molecule has 1 aromatic heterocycles. The maximum absolute atomic E-state index is 13.0. The molecule has 1 aliphatic heterocycles. The molecule has 1 N–H and O–H groups in total. The molecule has 3 rings (SSSR count). The quantitative estimate of drug-likeness (QED) is 0.609. The van der Waals surface area contributed by atoms with Crippen LogP contribution in [-0.4, -0.2) is 31.1 Å². The van der Waals surface area contributed by atoms with Crippen molar-refractivity contribution in [2.75, 3.05) is 18.1 Å². The first kappa shape index (κ1) is 18.7. The molecule has 140 valence electrons. The summed E-state index contributed by atoms with van der Waals surface area (Å²) in [6.45, 7) is 4.40. The number of rotatable bonds is 6. The predicted octanol–water partition coefficient (Wildman–Crippen LogP) is 3.21. The fourth-order valence-electron chi connectivity index (χ4n) is 2.61. The molecule has 0 aliphatic carbocycles. The molecular formula is C19H18N2O5S. The van der Waals surface area contributed by atoms with E-state index >= 15 is 0 Å². The Morgan fingerprint density at radius 2 is 1.89 bits per heavy atom. The van der Waals surface area contributed by atoms with E-state index < -0.39 is 17.8 Å². The molecule has 1 aliphatic rings. The molecule has 2 heterocycles. The van der Waals surface area contributed by atoms with Crippen LogP contribution >= 0.6 is 11.3 Å². The molecular weight excluding hydrogens is 368 g/mol. The first-order chi connectivity index (χ1) is 13.0. The van der Waals surface area contributed by atoms with E-state index in [2.05, 4.69) is 5.32 Å². The van der Waals surface area contributed by atoms with Crippen LogP contribution in [0.2, 0.25) is 0 Å². The average molecular weight is 386 g/mol. The molecule has 4 amide bonds. The van der Waals surface area contributed by atoms with Crippen LogP contribution < -0.4 is 19.7 Å². The highest BCUT2D eigenvalue weighted by molar-refractivity contribution is 7.08. The molecule has 0 atom stereocenters. The Bertz CT molecular complexity index is 905. The Morgan fingerprint density at radius 1 is 1.11 bits per heavy atom. The summed E-state index contributed by atoms with van der Waals surface area (Å²) in [4.78, 5) is 38.5. The molecule has 1 saturated heterocycles. The van der Waals surface area contributed by atoms with Gasteiger partial charge in [0, 0.05) is 6.07 Å². The first-order valence-electron chi connectivity index (χ1n) is 8.38. The van der Waals surface area contributed by atoms with Crippen LogP contribution in [0.4, 0.5) is 10.5 Å². The number of amides is 4. The van der Waals surface area contributed by atoms with E-state index in [4.69, 9.17) is 9.47 Å². The molecule has 27 heavy (non-hydrogen) atoms. The Kier molecular flexibility index (Phi) is 5.56. The first-order valence-corrected chi connectivity index (χ1v) is 9.32. The number of carbonyl (C=O) groups is 3. The summed E-state index contributed by atoms with van der Waals surface area (Å²) in [7, 11) is 0. The number of urea groups is 1. The van der Waals surface area contributed by atoms with Gasteiger partial charge in [-0.2, -0.15) is 11.3 Å². The Balaban J connectivity index is 2.06. The Hall–Kier alpha value is -3.13. The summed E-state index contributed by atoms with van der Waals surface area (Å²) in [6.07, 6.45) is 1.46. The van der Waals surface area contributed by atoms with Crippen LogP contribution in [0.5, 0.6) is 11.5 Å². The van der Waals surface area contributed by atoms with Crippen molar-refractivity contribution in [2.45, 2.75) is 13.8 Å².